The Hall–Kier alpha value is -2.47. The Morgan fingerprint density at radius 1 is 0.897 bits per heavy atom. The summed E-state index contributed by atoms with van der Waals surface area (Å²) in [5.41, 5.74) is 4.47. The smallest absolute Gasteiger partial charge is 0.271 e. The summed E-state index contributed by atoms with van der Waals surface area (Å²) in [6.45, 7) is 0. The predicted molar refractivity (Wildman–Crippen MR) is 129 cm³/mol. The number of phenolic OH excluding ortho intramolecular Hbond substituents is 1. The molecule has 0 heterocycles. The van der Waals surface area contributed by atoms with Crippen LogP contribution >= 0.6 is 45.2 Å². The van der Waals surface area contributed by atoms with Crippen LogP contribution < -0.4 is 10.7 Å². The molecule has 0 unspecified atom stereocenters. The molecule has 0 spiro atoms. The summed E-state index contributed by atoms with van der Waals surface area (Å²) in [6.07, 6.45) is 1.39. The van der Waals surface area contributed by atoms with E-state index in [4.69, 9.17) is 0 Å². The highest BCUT2D eigenvalue weighted by Crippen LogP contribution is 2.25. The van der Waals surface area contributed by atoms with E-state index in [2.05, 4.69) is 38.4 Å². The van der Waals surface area contributed by atoms with Crippen molar-refractivity contribution in [2.24, 2.45) is 5.10 Å². The summed E-state index contributed by atoms with van der Waals surface area (Å²) in [6, 6.07) is 19.0. The third kappa shape index (κ3) is 5.76. The van der Waals surface area contributed by atoms with E-state index in [1.807, 2.05) is 34.7 Å². The second-order valence-electron chi connectivity index (χ2n) is 5.92. The van der Waals surface area contributed by atoms with Crippen molar-refractivity contribution in [3.8, 4) is 5.75 Å². The highest BCUT2D eigenvalue weighted by Gasteiger charge is 2.08. The Morgan fingerprint density at radius 2 is 1.55 bits per heavy atom. The number of hydrogen-bond acceptors (Lipinski definition) is 4. The van der Waals surface area contributed by atoms with E-state index in [-0.39, 0.29) is 11.7 Å². The summed E-state index contributed by atoms with van der Waals surface area (Å²) in [7, 11) is 0. The van der Waals surface area contributed by atoms with Gasteiger partial charge in [0, 0.05) is 25.9 Å². The molecule has 0 bridgehead atoms. The molecule has 0 radical (unpaired) electrons. The van der Waals surface area contributed by atoms with E-state index < -0.39 is 5.91 Å². The molecule has 29 heavy (non-hydrogen) atoms. The van der Waals surface area contributed by atoms with Gasteiger partial charge in [0.15, 0.2) is 0 Å². The number of carbonyl (C=O) groups excluding carboxylic acids is 2. The van der Waals surface area contributed by atoms with Crippen molar-refractivity contribution in [2.45, 2.75) is 0 Å². The Kier molecular flexibility index (Phi) is 7.20. The minimum absolute atomic E-state index is 0.113. The maximum atomic E-state index is 12.2. The topological polar surface area (TPSA) is 90.8 Å². The maximum Gasteiger partial charge on any atom is 0.271 e. The van der Waals surface area contributed by atoms with Crippen LogP contribution in [0.1, 0.15) is 26.3 Å². The fourth-order valence-electron chi connectivity index (χ4n) is 2.41. The molecule has 3 aromatic rings. The standard InChI is InChI=1S/C21H15I2N3O3/c22-16-10-15(19(27)18(23)11-16)12-24-26-21(29)14-6-8-17(9-7-14)25-20(28)13-4-2-1-3-5-13/h1-12,27H,(H,25,28)(H,26,29)/b24-12-. The molecular weight excluding hydrogens is 596 g/mol. The first-order valence-electron chi connectivity index (χ1n) is 8.42. The fourth-order valence-corrected chi connectivity index (χ4v) is 4.30. The van der Waals surface area contributed by atoms with Crippen molar-refractivity contribution in [1.29, 1.82) is 0 Å². The van der Waals surface area contributed by atoms with E-state index in [9.17, 15) is 14.7 Å². The number of benzene rings is 3. The first-order valence-corrected chi connectivity index (χ1v) is 10.6. The summed E-state index contributed by atoms with van der Waals surface area (Å²) < 4.78 is 1.65. The molecule has 6 nitrogen and oxygen atoms in total. The van der Waals surface area contributed by atoms with Gasteiger partial charge in [0.1, 0.15) is 5.75 Å². The van der Waals surface area contributed by atoms with Crippen LogP contribution in [-0.4, -0.2) is 23.1 Å². The molecule has 0 aliphatic heterocycles. The van der Waals surface area contributed by atoms with Crippen LogP contribution in [0.25, 0.3) is 0 Å². The molecular formula is C21H15I2N3O3. The van der Waals surface area contributed by atoms with Gasteiger partial charge in [0.05, 0.1) is 9.78 Å². The summed E-state index contributed by atoms with van der Waals surface area (Å²) in [5, 5.41) is 16.7. The fraction of sp³-hybridized carbons (Fsp3) is 0. The molecule has 2 amide bonds. The van der Waals surface area contributed by atoms with E-state index in [0.29, 0.717) is 25.9 Å². The third-order valence-corrected chi connectivity index (χ3v) is 5.31. The summed E-state index contributed by atoms with van der Waals surface area (Å²) in [4.78, 5) is 24.4. The molecule has 0 aromatic heterocycles. The van der Waals surface area contributed by atoms with Gasteiger partial charge in [0.25, 0.3) is 11.8 Å². The van der Waals surface area contributed by atoms with E-state index in [0.717, 1.165) is 3.57 Å². The van der Waals surface area contributed by atoms with Gasteiger partial charge in [-0.3, -0.25) is 9.59 Å². The zero-order chi connectivity index (χ0) is 20.8. The number of nitrogens with one attached hydrogen (secondary N) is 2. The molecule has 146 valence electrons. The first kappa shape index (κ1) is 21.2. The maximum absolute atomic E-state index is 12.2. The molecule has 0 saturated carbocycles. The van der Waals surface area contributed by atoms with Gasteiger partial charge in [-0.2, -0.15) is 5.10 Å². The van der Waals surface area contributed by atoms with Crippen LogP contribution in [-0.2, 0) is 0 Å². The van der Waals surface area contributed by atoms with E-state index in [1.54, 1.807) is 54.6 Å². The summed E-state index contributed by atoms with van der Waals surface area (Å²) in [5.74, 6) is -0.510. The summed E-state index contributed by atoms with van der Waals surface area (Å²) >= 11 is 4.17. The lowest BCUT2D eigenvalue weighted by Crippen LogP contribution is -2.18. The van der Waals surface area contributed by atoms with Gasteiger partial charge in [-0.05, 0) is 93.7 Å². The second kappa shape index (κ2) is 9.83. The second-order valence-corrected chi connectivity index (χ2v) is 8.33. The third-order valence-electron chi connectivity index (χ3n) is 3.87. The predicted octanol–water partition coefficient (Wildman–Crippen LogP) is 4.62. The van der Waals surface area contributed by atoms with Crippen LogP contribution in [0.3, 0.4) is 0 Å². The van der Waals surface area contributed by atoms with Crippen LogP contribution in [0.2, 0.25) is 0 Å². The van der Waals surface area contributed by atoms with E-state index >= 15 is 0 Å². The average Bonchev–Trinajstić information content (AvgIpc) is 2.72. The molecule has 8 heteroatoms. The lowest BCUT2D eigenvalue weighted by molar-refractivity contribution is 0.0954. The number of phenols is 1. The molecule has 0 atom stereocenters. The quantitative estimate of drug-likeness (QED) is 0.224. The van der Waals surface area contributed by atoms with Gasteiger partial charge < -0.3 is 10.4 Å². The zero-order valence-corrected chi connectivity index (χ0v) is 19.2. The average molecular weight is 611 g/mol. The minimum Gasteiger partial charge on any atom is -0.506 e. The molecule has 0 saturated heterocycles. The van der Waals surface area contributed by atoms with E-state index in [1.165, 1.54) is 6.21 Å². The molecule has 0 aliphatic rings. The Balaban J connectivity index is 1.61. The molecule has 3 N–H and O–H groups in total. The monoisotopic (exact) mass is 611 g/mol. The normalized spacial score (nSPS) is 10.7. The van der Waals surface area contributed by atoms with Crippen LogP contribution in [0.5, 0.6) is 5.75 Å². The van der Waals surface area contributed by atoms with Crippen LogP contribution in [0.15, 0.2) is 71.8 Å². The largest absolute Gasteiger partial charge is 0.506 e. The van der Waals surface area contributed by atoms with Crippen molar-refractivity contribution < 1.29 is 14.7 Å². The molecule has 3 aromatic carbocycles. The number of nitrogens with zero attached hydrogens (tertiary/aromatic N) is 1. The number of hydrogen-bond donors (Lipinski definition) is 3. The number of halogens is 2. The van der Waals surface area contributed by atoms with Gasteiger partial charge in [-0.25, -0.2) is 5.43 Å². The number of anilines is 1. The van der Waals surface area contributed by atoms with Crippen molar-refractivity contribution in [1.82, 2.24) is 5.43 Å². The van der Waals surface area contributed by atoms with Gasteiger partial charge >= 0.3 is 0 Å². The molecule has 0 fully saturated rings. The van der Waals surface area contributed by atoms with Crippen LogP contribution in [0.4, 0.5) is 5.69 Å². The number of hydrazone groups is 1. The van der Waals surface area contributed by atoms with Crippen molar-refractivity contribution in [2.75, 3.05) is 5.32 Å². The van der Waals surface area contributed by atoms with Gasteiger partial charge in [0.2, 0.25) is 0 Å². The number of amides is 2. The van der Waals surface area contributed by atoms with Gasteiger partial charge in [-0.15, -0.1) is 0 Å². The highest BCUT2D eigenvalue weighted by atomic mass is 127. The lowest BCUT2D eigenvalue weighted by Gasteiger charge is -2.06. The van der Waals surface area contributed by atoms with Crippen molar-refractivity contribution in [3.63, 3.8) is 0 Å². The number of carbonyl (C=O) groups is 2. The molecule has 0 aliphatic carbocycles. The zero-order valence-electron chi connectivity index (χ0n) is 14.9. The minimum atomic E-state index is -0.401. The highest BCUT2D eigenvalue weighted by molar-refractivity contribution is 14.1. The Morgan fingerprint density at radius 3 is 2.24 bits per heavy atom. The van der Waals surface area contributed by atoms with Crippen molar-refractivity contribution >= 4 is 68.9 Å². The number of rotatable bonds is 5. The Bertz CT molecular complexity index is 1070. The first-order chi connectivity index (χ1) is 13.9. The SMILES string of the molecule is O=C(N/N=C\c1cc(I)cc(I)c1O)c1ccc(NC(=O)c2ccccc2)cc1. The van der Waals surface area contributed by atoms with Crippen LogP contribution in [0, 0.1) is 7.14 Å². The molecule has 3 rings (SSSR count). The Labute approximate surface area is 194 Å². The van der Waals surface area contributed by atoms with Gasteiger partial charge in [-0.1, -0.05) is 18.2 Å². The number of aromatic hydroxyl groups is 1. The lowest BCUT2D eigenvalue weighted by atomic mass is 10.1. The van der Waals surface area contributed by atoms with Crippen molar-refractivity contribution in [3.05, 3.63) is 90.6 Å².